The van der Waals surface area contributed by atoms with Gasteiger partial charge in [0.25, 0.3) is 0 Å². The molecule has 0 aliphatic carbocycles. The summed E-state index contributed by atoms with van der Waals surface area (Å²) in [5.74, 6) is 1.94. The Hall–Kier alpha value is -3.67. The van der Waals surface area contributed by atoms with Crippen LogP contribution < -0.4 is 31.7 Å². The Morgan fingerprint density at radius 3 is 1.69 bits per heavy atom. The van der Waals surface area contributed by atoms with Crippen molar-refractivity contribution in [3.8, 4) is 5.75 Å². The summed E-state index contributed by atoms with van der Waals surface area (Å²) in [5, 5.41) is 4.35. The molecular formula is C37H45BrN5OP. The van der Waals surface area contributed by atoms with Gasteiger partial charge >= 0.3 is 214 Å². The molecule has 0 saturated heterocycles. The molecule has 0 spiro atoms. The summed E-state index contributed by atoms with van der Waals surface area (Å²) in [6.07, 6.45) is 7.77. The minimum atomic E-state index is -2.82. The molecule has 0 fully saturated rings. The van der Waals surface area contributed by atoms with Crippen molar-refractivity contribution in [3.05, 3.63) is 121 Å². The molecule has 45 heavy (non-hydrogen) atoms. The van der Waals surface area contributed by atoms with E-state index in [0.717, 1.165) is 43.3 Å². The summed E-state index contributed by atoms with van der Waals surface area (Å²) in [7, 11) is 3.85. The van der Waals surface area contributed by atoms with Crippen molar-refractivity contribution in [3.63, 3.8) is 0 Å². The first-order valence-corrected chi connectivity index (χ1v) is 20.3. The molecule has 1 atom stereocenters. The van der Waals surface area contributed by atoms with Gasteiger partial charge in [0, 0.05) is 14.1 Å². The number of halogens is 1. The second kappa shape index (κ2) is 15.1. The average molecular weight is 687 g/mol. The van der Waals surface area contributed by atoms with E-state index in [4.69, 9.17) is 10.5 Å². The van der Waals surface area contributed by atoms with Crippen LogP contribution in [-0.4, -0.2) is 43.7 Å². The van der Waals surface area contributed by atoms with Crippen molar-refractivity contribution in [2.24, 2.45) is 15.7 Å². The number of ether oxygens (including phenoxy) is 1. The van der Waals surface area contributed by atoms with Gasteiger partial charge in [-0.2, -0.15) is 0 Å². The molecule has 0 radical (unpaired) electrons. The Morgan fingerprint density at radius 1 is 0.689 bits per heavy atom. The number of nitrogens with zero attached hydrogens (tertiary/aromatic N) is 3. The summed E-state index contributed by atoms with van der Waals surface area (Å²) in [4.78, 5) is 10.9. The van der Waals surface area contributed by atoms with Gasteiger partial charge in [-0.3, -0.25) is 5.32 Å². The number of rotatable bonds is 14. The van der Waals surface area contributed by atoms with Crippen LogP contribution in [-0.2, 0) is 0 Å². The molecule has 0 amide bonds. The maximum atomic E-state index is 6.04. The van der Waals surface area contributed by atoms with Crippen molar-refractivity contribution in [1.29, 1.82) is 0 Å². The molecule has 236 valence electrons. The molecule has 1 unspecified atom stereocenters. The Morgan fingerprint density at radius 2 is 1.18 bits per heavy atom. The minimum absolute atomic E-state index is 0.349. The van der Waals surface area contributed by atoms with Gasteiger partial charge in [-0.05, 0) is 5.56 Å². The Labute approximate surface area is 276 Å². The summed E-state index contributed by atoms with van der Waals surface area (Å²) < 4.78 is 6.04. The molecule has 6 nitrogen and oxygen atoms in total. The summed E-state index contributed by atoms with van der Waals surface area (Å²) in [5.41, 5.74) is 6.94. The minimum Gasteiger partial charge on any atom is -0.370 e. The zero-order chi connectivity index (χ0) is 31.6. The van der Waals surface area contributed by atoms with Gasteiger partial charge in [0.05, 0.1) is 0 Å². The summed E-state index contributed by atoms with van der Waals surface area (Å²) >= 11 is 4.57. The predicted molar refractivity (Wildman–Crippen MR) is 197 cm³/mol. The zero-order valence-electron chi connectivity index (χ0n) is 26.4. The number of benzene rings is 4. The monoisotopic (exact) mass is 685 g/mol. The van der Waals surface area contributed by atoms with Crippen LogP contribution in [0.25, 0.3) is 0 Å². The molecule has 0 saturated carbocycles. The SMILES string of the molecule is CN(C)C1=NC(c2ccc(OCCCCCCCCP(Br)(c3ccccc3)(c3ccccc3)c3ccccc3)cc2)N=C(N)N1. The van der Waals surface area contributed by atoms with E-state index in [-0.39, 0.29) is 6.17 Å². The second-order valence-electron chi connectivity index (χ2n) is 11.8. The van der Waals surface area contributed by atoms with Crippen LogP contribution in [0, 0.1) is 0 Å². The molecule has 4 aromatic rings. The van der Waals surface area contributed by atoms with Crippen LogP contribution >= 0.6 is 20.8 Å². The maximum absolute atomic E-state index is 6.04. The van der Waals surface area contributed by atoms with Gasteiger partial charge < -0.3 is 10.6 Å². The van der Waals surface area contributed by atoms with Crippen molar-refractivity contribution in [2.45, 2.75) is 44.7 Å². The van der Waals surface area contributed by atoms with E-state index in [2.05, 4.69) is 122 Å². The molecule has 1 heterocycles. The first-order chi connectivity index (χ1) is 21.9. The van der Waals surface area contributed by atoms with Crippen LogP contribution in [0.5, 0.6) is 5.75 Å². The zero-order valence-corrected chi connectivity index (χ0v) is 28.8. The van der Waals surface area contributed by atoms with Crippen LogP contribution in [0.15, 0.2) is 125 Å². The predicted octanol–water partition coefficient (Wildman–Crippen LogP) is 7.08. The molecule has 3 N–H and O–H groups in total. The number of nitrogens with two attached hydrogens (primary N) is 1. The Balaban J connectivity index is 1.11. The fourth-order valence-electron chi connectivity index (χ4n) is 6.03. The number of aliphatic imine (C=N–C) groups is 2. The molecule has 4 aromatic carbocycles. The fourth-order valence-corrected chi connectivity index (χ4v) is 13.8. The van der Waals surface area contributed by atoms with Crippen molar-refractivity contribution in [1.82, 2.24) is 10.2 Å². The van der Waals surface area contributed by atoms with Gasteiger partial charge in [-0.15, -0.1) is 0 Å². The van der Waals surface area contributed by atoms with Crippen LogP contribution in [0.2, 0.25) is 0 Å². The van der Waals surface area contributed by atoms with E-state index < -0.39 is 5.31 Å². The van der Waals surface area contributed by atoms with E-state index >= 15 is 0 Å². The van der Waals surface area contributed by atoms with Gasteiger partial charge in [-0.1, -0.05) is 0 Å². The molecule has 1 aliphatic heterocycles. The normalized spacial score (nSPS) is 15.6. The first-order valence-electron chi connectivity index (χ1n) is 15.9. The van der Waals surface area contributed by atoms with Gasteiger partial charge in [0.1, 0.15) is 0 Å². The van der Waals surface area contributed by atoms with Crippen molar-refractivity contribution >= 4 is 48.6 Å². The van der Waals surface area contributed by atoms with E-state index in [1.807, 2.05) is 43.3 Å². The number of hydrogen-bond donors (Lipinski definition) is 2. The van der Waals surface area contributed by atoms with Crippen LogP contribution in [0.4, 0.5) is 0 Å². The van der Waals surface area contributed by atoms with E-state index in [9.17, 15) is 0 Å². The number of hydrogen-bond acceptors (Lipinski definition) is 6. The fraction of sp³-hybridized carbons (Fsp3) is 0.297. The molecule has 0 bridgehead atoms. The van der Waals surface area contributed by atoms with Gasteiger partial charge in [0.2, 0.25) is 5.96 Å². The third-order valence-corrected chi connectivity index (χ3v) is 18.5. The molecular weight excluding hydrogens is 641 g/mol. The molecule has 0 aromatic heterocycles. The molecule has 8 heteroatoms. The van der Waals surface area contributed by atoms with Crippen molar-refractivity contribution in [2.75, 3.05) is 26.9 Å². The summed E-state index contributed by atoms with van der Waals surface area (Å²) in [6, 6.07) is 41.3. The molecule has 1 aliphatic rings. The van der Waals surface area contributed by atoms with E-state index in [1.165, 1.54) is 35.2 Å². The number of guanidine groups is 2. The first kappa shape index (κ1) is 32.7. The second-order valence-corrected chi connectivity index (χ2v) is 20.9. The Kier molecular flexibility index (Phi) is 11.0. The summed E-state index contributed by atoms with van der Waals surface area (Å²) in [6.45, 7) is 0.717. The topological polar surface area (TPSA) is 75.2 Å². The quantitative estimate of drug-likeness (QED) is 0.110. The van der Waals surface area contributed by atoms with Crippen molar-refractivity contribution < 1.29 is 4.74 Å². The Bertz CT molecular complexity index is 1460. The smallest absolute Gasteiger partial charge is 0.370 e. The standard InChI is InChI=1S/C37H45BrN5OP/c1-43(2)37-41-35(40-36(39)42-37)30-24-26-31(27-25-30)44-28-16-5-3-4-6-17-29-45(38,32-18-10-7-11-19-32,33-20-12-8-13-21-33)34-22-14-9-15-23-34/h7-15,18-27,35H,3-6,16-17,28-29H2,1-2H3,(H3,39,40,41,42). The number of nitrogens with one attached hydrogen (secondary N) is 1. The van der Waals surface area contributed by atoms with Crippen LogP contribution in [0.1, 0.15) is 50.3 Å². The van der Waals surface area contributed by atoms with E-state index in [0.29, 0.717) is 11.9 Å². The van der Waals surface area contributed by atoms with Gasteiger partial charge in [0.15, 0.2) is 12.1 Å². The van der Waals surface area contributed by atoms with Crippen LogP contribution in [0.3, 0.4) is 0 Å². The van der Waals surface area contributed by atoms with Gasteiger partial charge in [-0.25, -0.2) is 9.98 Å². The molecule has 5 rings (SSSR count). The average Bonchev–Trinajstić information content (AvgIpc) is 3.08. The van der Waals surface area contributed by atoms with E-state index in [1.54, 1.807) is 0 Å². The number of unbranched alkanes of at least 4 members (excludes halogenated alkanes) is 5. The third-order valence-electron chi connectivity index (χ3n) is 8.47. The third kappa shape index (κ3) is 7.59.